The van der Waals surface area contributed by atoms with Crippen LogP contribution >= 0.6 is 23.2 Å². The van der Waals surface area contributed by atoms with Crippen molar-refractivity contribution in [3.8, 4) is 0 Å². The van der Waals surface area contributed by atoms with Gasteiger partial charge < -0.3 is 75.2 Å². The number of carbonyl (C=O) groups excluding carboxylic acids is 4. The van der Waals surface area contributed by atoms with Crippen LogP contribution < -0.4 is 71.4 Å². The van der Waals surface area contributed by atoms with Crippen molar-refractivity contribution < 1.29 is 124 Å². The van der Waals surface area contributed by atoms with Gasteiger partial charge in [-0.15, -0.1) is 23.2 Å². The van der Waals surface area contributed by atoms with Crippen LogP contribution in [0.1, 0.15) is 165 Å². The molecule has 2 aromatic carbocycles. The molecule has 0 spiro atoms. The number of hydrogen-bond acceptors (Lipinski definition) is 9. The first-order valence-electron chi connectivity index (χ1n) is 25.7. The van der Waals surface area contributed by atoms with E-state index in [1.165, 1.54) is 64.2 Å². The Labute approximate surface area is 493 Å². The molecule has 72 heavy (non-hydrogen) atoms. The van der Waals surface area contributed by atoms with Crippen LogP contribution in [0.25, 0.3) is 0 Å². The molecule has 1 N–H and O–H groups in total. The van der Waals surface area contributed by atoms with Gasteiger partial charge in [-0.05, 0) is 102 Å². The summed E-state index contributed by atoms with van der Waals surface area (Å²) in [6.07, 6.45) is 16.3. The summed E-state index contributed by atoms with van der Waals surface area (Å²) in [5.41, 5.74) is 6.92. The van der Waals surface area contributed by atoms with Crippen molar-refractivity contribution in [2.45, 2.75) is 172 Å². The second-order valence-electron chi connectivity index (χ2n) is 18.1. The predicted molar refractivity (Wildman–Crippen MR) is 281 cm³/mol. The van der Waals surface area contributed by atoms with Crippen LogP contribution in [0.3, 0.4) is 0 Å². The van der Waals surface area contributed by atoms with E-state index in [-0.39, 0.29) is 107 Å². The van der Waals surface area contributed by atoms with Gasteiger partial charge in [0.25, 0.3) is 0 Å². The summed E-state index contributed by atoms with van der Waals surface area (Å²) in [5, 5.41) is 0.194. The molecule has 0 bridgehead atoms. The minimum Gasteiger partial charge on any atom is -1.00 e. The van der Waals surface area contributed by atoms with Crippen LogP contribution in [0.15, 0.2) is 36.4 Å². The van der Waals surface area contributed by atoms with Crippen molar-refractivity contribution in [3.63, 3.8) is 0 Å². The van der Waals surface area contributed by atoms with Crippen molar-refractivity contribution in [2.75, 3.05) is 84.1 Å². The second kappa shape index (κ2) is 51.9. The zero-order chi connectivity index (χ0) is 50.4. The summed E-state index contributed by atoms with van der Waals surface area (Å²) in [6.45, 7) is 27.9. The maximum absolute atomic E-state index is 12.9. The smallest absolute Gasteiger partial charge is 1.00 e. The number of Topliss-reactive ketones (excluding diaryl/α,β-unsaturated/α-hetero) is 2. The summed E-state index contributed by atoms with van der Waals surface area (Å²) in [4.78, 5) is 49.6. The van der Waals surface area contributed by atoms with Gasteiger partial charge in [0.1, 0.15) is 39.4 Å². The van der Waals surface area contributed by atoms with Crippen molar-refractivity contribution in [1.29, 1.82) is 0 Å². The fourth-order valence-corrected chi connectivity index (χ4v) is 8.35. The van der Waals surface area contributed by atoms with E-state index in [2.05, 4.69) is 93.5 Å². The number of nitrogens with zero attached hydrogens (tertiary/aromatic N) is 2. The maximum atomic E-state index is 12.9. The fourth-order valence-electron chi connectivity index (χ4n) is 8.35. The molecule has 2 aromatic rings. The van der Waals surface area contributed by atoms with E-state index in [0.29, 0.717) is 61.2 Å². The van der Waals surface area contributed by atoms with E-state index in [0.717, 1.165) is 85.2 Å². The number of benzene rings is 2. The molecule has 0 saturated carbocycles. The van der Waals surface area contributed by atoms with Crippen LogP contribution in [0, 0.1) is 27.7 Å². The Kier molecular flexibility index (Phi) is 59.3. The van der Waals surface area contributed by atoms with Gasteiger partial charge in [0, 0.05) is 12.8 Å². The van der Waals surface area contributed by atoms with Gasteiger partial charge in [-0.1, -0.05) is 127 Å². The molecule has 0 aromatic heterocycles. The molecule has 0 radical (unpaired) electrons. The Balaban J connectivity index is -0.000000269. The molecular weight excluding hydrogens is 1080 g/mol. The molecule has 0 saturated heterocycles. The number of halogens is 5. The van der Waals surface area contributed by atoms with E-state index in [4.69, 9.17) is 42.1 Å². The van der Waals surface area contributed by atoms with Gasteiger partial charge in [-0.2, -0.15) is 0 Å². The van der Waals surface area contributed by atoms with E-state index in [1.54, 1.807) is 0 Å². The standard InChI is InChI=1S/2C27H46NO4.CH2Cl2.BrH.2ClH.Na.H2O/c2*1-6-9-10-11-12-13-14-19-31-27(30)32-20-18-28(7-2,8-3)22-25(29)21-26-23(4)16-15-17-24(26)5;2-1-3;;;;;/h2*15-17H,6-14,18-22H2,1-5H3;1H2;3*1H;;1H2/q2*+1;;;;;+1;/p-4. The SMILES string of the molecule is CCCCCCCCCOC(=O)OCC[N+](CC)(CC)CC(=O)Cc1c(C)cccc1C.CCCCCCCCCOC(=O)OCC[N+](CC)(CC)CC(=O)Cc1c(C)cccc1C.ClCCl.[Br-].[Cl-].[Cl-].[Na+].[OH-]. The van der Waals surface area contributed by atoms with Gasteiger partial charge in [0.05, 0.1) is 44.7 Å². The van der Waals surface area contributed by atoms with E-state index in [9.17, 15) is 19.2 Å². The molecule has 0 aliphatic rings. The fraction of sp³-hybridized carbons (Fsp3) is 0.709. The molecule has 0 fully saturated rings. The van der Waals surface area contributed by atoms with E-state index >= 15 is 0 Å². The Morgan fingerprint density at radius 2 is 0.708 bits per heavy atom. The number of hydrogen-bond donors (Lipinski definition) is 0. The van der Waals surface area contributed by atoms with Crippen molar-refractivity contribution in [3.05, 3.63) is 69.8 Å². The normalized spacial score (nSPS) is 10.4. The maximum Gasteiger partial charge on any atom is 1.00 e. The molecule has 0 atom stereocenters. The van der Waals surface area contributed by atoms with Crippen LogP contribution in [0.2, 0.25) is 0 Å². The van der Waals surface area contributed by atoms with Crippen LogP contribution in [0.4, 0.5) is 9.59 Å². The number of rotatable bonds is 34. The monoisotopic (exact) mass is 1170 g/mol. The molecule has 0 aliphatic heterocycles. The third-order valence-electron chi connectivity index (χ3n) is 13.3. The minimum absolute atomic E-state index is 0. The van der Waals surface area contributed by atoms with E-state index < -0.39 is 12.3 Å². The third kappa shape index (κ3) is 38.4. The van der Waals surface area contributed by atoms with Gasteiger partial charge >= 0.3 is 41.9 Å². The Hall–Kier alpha value is -1.16. The number of aryl methyl sites for hydroxylation is 4. The molecule has 0 heterocycles. The van der Waals surface area contributed by atoms with Crippen LogP contribution in [0.5, 0.6) is 0 Å². The zero-order valence-corrected chi connectivity index (χ0v) is 53.1. The van der Waals surface area contributed by atoms with Crippen LogP contribution in [-0.2, 0) is 41.4 Å². The molecule has 2 rings (SSSR count). The van der Waals surface area contributed by atoms with E-state index in [1.807, 2.05) is 12.1 Å². The summed E-state index contributed by atoms with van der Waals surface area (Å²) >= 11 is 9.53. The summed E-state index contributed by atoms with van der Waals surface area (Å²) < 4.78 is 22.3. The molecule has 17 heteroatoms. The van der Waals surface area contributed by atoms with Gasteiger partial charge in [-0.25, -0.2) is 9.59 Å². The number of ether oxygens (including phenoxy) is 4. The predicted octanol–water partition coefficient (Wildman–Crippen LogP) is 1.61. The Bertz CT molecular complexity index is 1500. The third-order valence-corrected chi connectivity index (χ3v) is 13.3. The van der Waals surface area contributed by atoms with Crippen molar-refractivity contribution in [1.82, 2.24) is 0 Å². The number of unbranched alkanes of at least 4 members (excludes halogenated alkanes) is 12. The van der Waals surface area contributed by atoms with Gasteiger partial charge in [0.2, 0.25) is 0 Å². The molecule has 11 nitrogen and oxygen atoms in total. The molecule has 0 unspecified atom stereocenters. The Morgan fingerprint density at radius 1 is 0.458 bits per heavy atom. The number of carbonyl (C=O) groups is 4. The molecule has 0 amide bonds. The second-order valence-corrected chi connectivity index (χ2v) is 18.9. The summed E-state index contributed by atoms with van der Waals surface area (Å²) in [7, 11) is 0. The first kappa shape index (κ1) is 82.2. The largest absolute Gasteiger partial charge is 1.00 e. The van der Waals surface area contributed by atoms with Crippen molar-refractivity contribution >= 4 is 47.1 Å². The Morgan fingerprint density at radius 3 is 0.972 bits per heavy atom. The summed E-state index contributed by atoms with van der Waals surface area (Å²) in [5.74, 6) is 0.459. The first-order valence-corrected chi connectivity index (χ1v) is 26.8. The first-order chi connectivity index (χ1) is 32.2. The topological polar surface area (TPSA) is 135 Å². The number of likely N-dealkylation sites (N-methyl/N-ethyl adjacent to an activating group) is 2. The van der Waals surface area contributed by atoms with Gasteiger partial charge in [-0.3, -0.25) is 9.59 Å². The average molecular weight is 1170 g/mol. The summed E-state index contributed by atoms with van der Waals surface area (Å²) in [6, 6.07) is 12.3. The molecule has 416 valence electrons. The minimum atomic E-state index is -0.594. The molecular formula is C55H95BrCl4N2NaO9-. The molecule has 0 aliphatic carbocycles. The zero-order valence-electron chi connectivity index (χ0n) is 46.5. The number of alkyl halides is 2. The number of quaternary nitrogens is 2. The van der Waals surface area contributed by atoms with Crippen LogP contribution in [-0.4, -0.2) is 122 Å². The average Bonchev–Trinajstić information content (AvgIpc) is 3.30. The van der Waals surface area contributed by atoms with Gasteiger partial charge in [0.15, 0.2) is 11.6 Å². The quantitative estimate of drug-likeness (QED) is 0.0337. The number of ketones is 2. The van der Waals surface area contributed by atoms with Crippen molar-refractivity contribution in [2.24, 2.45) is 0 Å².